The van der Waals surface area contributed by atoms with Gasteiger partial charge in [0.05, 0.1) is 31.2 Å². The van der Waals surface area contributed by atoms with Crippen LogP contribution in [-0.4, -0.2) is 41.6 Å². The van der Waals surface area contributed by atoms with Crippen LogP contribution in [0, 0.1) is 0 Å². The molecule has 0 bridgehead atoms. The molecule has 0 atom stereocenters. The Hall–Kier alpha value is -3.06. The normalized spacial score (nSPS) is 10.6. The van der Waals surface area contributed by atoms with E-state index in [0.717, 1.165) is 22.6 Å². The standard InChI is InChI=1S/C19H22N4O3/c1-3-25-19-17(14-4-7-16(8-5-14)26-11-10-20)13-23(22-19)15-6-9-18(24-2)21-12-15/h4-9,12-13H,3,10-11,20H2,1-2H3. The molecule has 0 saturated carbocycles. The molecular formula is C19H22N4O3. The third kappa shape index (κ3) is 3.94. The zero-order valence-electron chi connectivity index (χ0n) is 14.9. The van der Waals surface area contributed by atoms with Gasteiger partial charge in [-0.2, -0.15) is 0 Å². The first-order valence-corrected chi connectivity index (χ1v) is 8.41. The Labute approximate surface area is 152 Å². The van der Waals surface area contributed by atoms with Gasteiger partial charge in [0.25, 0.3) is 0 Å². The van der Waals surface area contributed by atoms with E-state index in [1.165, 1.54) is 0 Å². The second-order valence-corrected chi connectivity index (χ2v) is 5.45. The molecule has 3 rings (SSSR count). The smallest absolute Gasteiger partial charge is 0.241 e. The molecule has 0 amide bonds. The summed E-state index contributed by atoms with van der Waals surface area (Å²) in [6.07, 6.45) is 3.62. The summed E-state index contributed by atoms with van der Waals surface area (Å²) < 4.78 is 18.1. The van der Waals surface area contributed by atoms with Crippen LogP contribution in [-0.2, 0) is 0 Å². The summed E-state index contributed by atoms with van der Waals surface area (Å²) in [5.41, 5.74) is 8.17. The summed E-state index contributed by atoms with van der Waals surface area (Å²) >= 11 is 0. The van der Waals surface area contributed by atoms with Crippen molar-refractivity contribution in [2.24, 2.45) is 5.73 Å². The lowest BCUT2D eigenvalue weighted by molar-refractivity contribution is 0.325. The SMILES string of the molecule is CCOc1nn(-c2ccc(OC)nc2)cc1-c1ccc(OCCN)cc1. The zero-order valence-corrected chi connectivity index (χ0v) is 14.9. The number of ether oxygens (including phenoxy) is 3. The quantitative estimate of drug-likeness (QED) is 0.669. The van der Waals surface area contributed by atoms with Gasteiger partial charge in [-0.1, -0.05) is 12.1 Å². The fourth-order valence-corrected chi connectivity index (χ4v) is 2.47. The lowest BCUT2D eigenvalue weighted by atomic mass is 10.1. The second-order valence-electron chi connectivity index (χ2n) is 5.45. The highest BCUT2D eigenvalue weighted by Gasteiger charge is 2.14. The van der Waals surface area contributed by atoms with Crippen LogP contribution in [0.5, 0.6) is 17.5 Å². The molecule has 1 aromatic carbocycles. The molecule has 0 fully saturated rings. The molecule has 0 aliphatic carbocycles. The summed E-state index contributed by atoms with van der Waals surface area (Å²) in [4.78, 5) is 4.22. The molecule has 136 valence electrons. The van der Waals surface area contributed by atoms with Gasteiger partial charge in [-0.25, -0.2) is 9.67 Å². The highest BCUT2D eigenvalue weighted by atomic mass is 16.5. The molecule has 0 radical (unpaired) electrons. The average Bonchev–Trinajstić information content (AvgIpc) is 3.11. The van der Waals surface area contributed by atoms with Crippen molar-refractivity contribution in [2.75, 3.05) is 26.9 Å². The maximum absolute atomic E-state index is 5.71. The van der Waals surface area contributed by atoms with Crippen molar-refractivity contribution in [2.45, 2.75) is 6.92 Å². The van der Waals surface area contributed by atoms with Crippen LogP contribution in [0.15, 0.2) is 48.8 Å². The molecule has 0 aliphatic rings. The number of methoxy groups -OCH3 is 1. The molecule has 0 spiro atoms. The minimum atomic E-state index is 0.485. The monoisotopic (exact) mass is 354 g/mol. The number of hydrogen-bond acceptors (Lipinski definition) is 6. The lowest BCUT2D eigenvalue weighted by Gasteiger charge is -2.06. The molecule has 7 heteroatoms. The number of nitrogens with zero attached hydrogens (tertiary/aromatic N) is 3. The fraction of sp³-hybridized carbons (Fsp3) is 0.263. The Balaban J connectivity index is 1.91. The summed E-state index contributed by atoms with van der Waals surface area (Å²) in [6, 6.07) is 11.5. The van der Waals surface area contributed by atoms with E-state index >= 15 is 0 Å². The van der Waals surface area contributed by atoms with Gasteiger partial charge in [0.15, 0.2) is 0 Å². The molecule has 2 aromatic heterocycles. The van der Waals surface area contributed by atoms with Crippen molar-refractivity contribution in [1.82, 2.24) is 14.8 Å². The van der Waals surface area contributed by atoms with Crippen LogP contribution in [0.25, 0.3) is 16.8 Å². The number of benzene rings is 1. The minimum Gasteiger partial charge on any atom is -0.492 e. The van der Waals surface area contributed by atoms with Gasteiger partial charge in [-0.05, 0) is 30.7 Å². The Bertz CT molecular complexity index is 829. The van der Waals surface area contributed by atoms with Crippen LogP contribution in [0.2, 0.25) is 0 Å². The summed E-state index contributed by atoms with van der Waals surface area (Å²) in [5.74, 6) is 1.90. The molecule has 0 aliphatic heterocycles. The van der Waals surface area contributed by atoms with Crippen LogP contribution < -0.4 is 19.9 Å². The van der Waals surface area contributed by atoms with E-state index in [1.807, 2.05) is 43.5 Å². The van der Waals surface area contributed by atoms with Crippen molar-refractivity contribution in [3.63, 3.8) is 0 Å². The highest BCUT2D eigenvalue weighted by Crippen LogP contribution is 2.31. The van der Waals surface area contributed by atoms with Crippen LogP contribution in [0.1, 0.15) is 6.92 Å². The molecule has 3 aromatic rings. The predicted molar refractivity (Wildman–Crippen MR) is 99.1 cm³/mol. The van der Waals surface area contributed by atoms with Gasteiger partial charge in [0.1, 0.15) is 12.4 Å². The summed E-state index contributed by atoms with van der Waals surface area (Å²) in [6.45, 7) is 3.44. The van der Waals surface area contributed by atoms with Crippen LogP contribution in [0.3, 0.4) is 0 Å². The molecule has 26 heavy (non-hydrogen) atoms. The first kappa shape index (κ1) is 17.8. The van der Waals surface area contributed by atoms with Crippen molar-refractivity contribution < 1.29 is 14.2 Å². The largest absolute Gasteiger partial charge is 0.492 e. The van der Waals surface area contributed by atoms with Gasteiger partial charge in [-0.15, -0.1) is 5.10 Å². The van der Waals surface area contributed by atoms with Crippen LogP contribution >= 0.6 is 0 Å². The van der Waals surface area contributed by atoms with Crippen molar-refractivity contribution in [3.8, 4) is 34.3 Å². The van der Waals surface area contributed by atoms with Crippen molar-refractivity contribution >= 4 is 0 Å². The Morgan fingerprint density at radius 3 is 2.50 bits per heavy atom. The molecule has 2 N–H and O–H groups in total. The van der Waals surface area contributed by atoms with E-state index < -0.39 is 0 Å². The maximum atomic E-state index is 5.71. The van der Waals surface area contributed by atoms with E-state index in [4.69, 9.17) is 19.9 Å². The fourth-order valence-electron chi connectivity index (χ4n) is 2.47. The van der Waals surface area contributed by atoms with Gasteiger partial charge >= 0.3 is 0 Å². The van der Waals surface area contributed by atoms with Gasteiger partial charge in [0.2, 0.25) is 11.8 Å². The molecule has 2 heterocycles. The Kier molecular flexibility index (Phi) is 5.70. The highest BCUT2D eigenvalue weighted by molar-refractivity contribution is 5.69. The number of rotatable bonds is 8. The Morgan fingerprint density at radius 1 is 1.08 bits per heavy atom. The van der Waals surface area contributed by atoms with Crippen molar-refractivity contribution in [3.05, 3.63) is 48.8 Å². The van der Waals surface area contributed by atoms with E-state index in [-0.39, 0.29) is 0 Å². The van der Waals surface area contributed by atoms with Crippen LogP contribution in [0.4, 0.5) is 0 Å². The lowest BCUT2D eigenvalue weighted by Crippen LogP contribution is -2.10. The molecule has 7 nitrogen and oxygen atoms in total. The number of aromatic nitrogens is 3. The molecule has 0 saturated heterocycles. The summed E-state index contributed by atoms with van der Waals surface area (Å²) in [7, 11) is 1.59. The van der Waals surface area contributed by atoms with Gasteiger partial charge in [-0.3, -0.25) is 0 Å². The topological polar surface area (TPSA) is 84.4 Å². The Morgan fingerprint density at radius 2 is 1.88 bits per heavy atom. The molecule has 0 unspecified atom stereocenters. The second kappa shape index (κ2) is 8.35. The third-order valence-corrected chi connectivity index (χ3v) is 3.71. The third-order valence-electron chi connectivity index (χ3n) is 3.71. The summed E-state index contributed by atoms with van der Waals surface area (Å²) in [5, 5.41) is 4.54. The average molecular weight is 354 g/mol. The van der Waals surface area contributed by atoms with E-state index in [9.17, 15) is 0 Å². The number of hydrogen-bond donors (Lipinski definition) is 1. The van der Waals surface area contributed by atoms with E-state index in [1.54, 1.807) is 24.1 Å². The first-order chi connectivity index (χ1) is 12.7. The molecular weight excluding hydrogens is 332 g/mol. The first-order valence-electron chi connectivity index (χ1n) is 8.41. The zero-order chi connectivity index (χ0) is 18.4. The van der Waals surface area contributed by atoms with E-state index in [0.29, 0.717) is 31.5 Å². The maximum Gasteiger partial charge on any atom is 0.241 e. The predicted octanol–water partition coefficient (Wildman–Crippen LogP) is 2.68. The van der Waals surface area contributed by atoms with E-state index in [2.05, 4.69) is 10.1 Å². The van der Waals surface area contributed by atoms with Gasteiger partial charge < -0.3 is 19.9 Å². The minimum absolute atomic E-state index is 0.485. The van der Waals surface area contributed by atoms with Crippen molar-refractivity contribution in [1.29, 1.82) is 0 Å². The van der Waals surface area contributed by atoms with Gasteiger partial charge in [0, 0.05) is 18.8 Å². The number of nitrogens with two attached hydrogens (primary N) is 1. The number of pyridine rings is 1.